The summed E-state index contributed by atoms with van der Waals surface area (Å²) in [6.07, 6.45) is 11.1. The third kappa shape index (κ3) is 6.38. The minimum atomic E-state index is 0. The molecule has 0 amide bonds. The van der Waals surface area contributed by atoms with Crippen molar-refractivity contribution in [2.75, 3.05) is 25.9 Å². The second kappa shape index (κ2) is 9.91. The van der Waals surface area contributed by atoms with E-state index in [1.165, 1.54) is 37.9 Å². The monoisotopic (exact) mass is 395 g/mol. The molecule has 0 radical (unpaired) electrons. The molecule has 2 atom stereocenters. The molecular formula is C14H26IN3S. The van der Waals surface area contributed by atoms with Crippen LogP contribution in [0, 0.1) is 5.92 Å². The molecular weight excluding hydrogens is 369 g/mol. The van der Waals surface area contributed by atoms with E-state index in [0.717, 1.165) is 30.2 Å². The van der Waals surface area contributed by atoms with Crippen LogP contribution in [-0.4, -0.2) is 37.1 Å². The Morgan fingerprint density at radius 1 is 1.26 bits per heavy atom. The number of aliphatic imine (C=N–C) groups is 1. The molecule has 1 fully saturated rings. The molecule has 3 nitrogen and oxygen atoms in total. The van der Waals surface area contributed by atoms with Gasteiger partial charge in [-0.3, -0.25) is 4.99 Å². The number of guanidine groups is 1. The van der Waals surface area contributed by atoms with Crippen LogP contribution < -0.4 is 10.6 Å². The molecule has 2 N–H and O–H groups in total. The van der Waals surface area contributed by atoms with Gasteiger partial charge in [-0.25, -0.2) is 0 Å². The highest BCUT2D eigenvalue weighted by Crippen LogP contribution is 2.25. The SMILES string of the molecule is CN=C(NCC1CC=CCC1)NCC1CCCS1.I. The first-order valence-electron chi connectivity index (χ1n) is 7.09. The first kappa shape index (κ1) is 17.1. The third-order valence-electron chi connectivity index (χ3n) is 3.68. The number of rotatable bonds is 4. The van der Waals surface area contributed by atoms with Gasteiger partial charge in [0.25, 0.3) is 0 Å². The molecule has 0 aromatic heterocycles. The quantitative estimate of drug-likeness (QED) is 0.333. The zero-order valence-corrected chi connectivity index (χ0v) is 14.9. The molecule has 2 unspecified atom stereocenters. The Morgan fingerprint density at radius 2 is 2.11 bits per heavy atom. The number of allylic oxidation sites excluding steroid dienone is 2. The van der Waals surface area contributed by atoms with Crippen molar-refractivity contribution < 1.29 is 0 Å². The fourth-order valence-corrected chi connectivity index (χ4v) is 3.72. The Bertz CT molecular complexity index is 301. The van der Waals surface area contributed by atoms with Crippen molar-refractivity contribution in [3.63, 3.8) is 0 Å². The smallest absolute Gasteiger partial charge is 0.191 e. The van der Waals surface area contributed by atoms with E-state index in [1.807, 2.05) is 7.05 Å². The number of thioether (sulfide) groups is 1. The van der Waals surface area contributed by atoms with E-state index >= 15 is 0 Å². The van der Waals surface area contributed by atoms with Gasteiger partial charge in [-0.2, -0.15) is 11.8 Å². The van der Waals surface area contributed by atoms with Crippen LogP contribution in [0.1, 0.15) is 32.1 Å². The van der Waals surface area contributed by atoms with Crippen molar-refractivity contribution in [3.8, 4) is 0 Å². The number of nitrogens with zero attached hydrogens (tertiary/aromatic N) is 1. The first-order chi connectivity index (χ1) is 8.88. The van der Waals surface area contributed by atoms with Gasteiger partial charge in [-0.15, -0.1) is 24.0 Å². The van der Waals surface area contributed by atoms with Gasteiger partial charge in [0.1, 0.15) is 0 Å². The molecule has 5 heteroatoms. The van der Waals surface area contributed by atoms with E-state index in [9.17, 15) is 0 Å². The van der Waals surface area contributed by atoms with E-state index in [4.69, 9.17) is 0 Å². The van der Waals surface area contributed by atoms with Crippen LogP contribution in [-0.2, 0) is 0 Å². The molecule has 1 saturated heterocycles. The summed E-state index contributed by atoms with van der Waals surface area (Å²) in [5, 5.41) is 7.69. The highest BCUT2D eigenvalue weighted by molar-refractivity contribution is 14.0. The van der Waals surface area contributed by atoms with Gasteiger partial charge < -0.3 is 10.6 Å². The molecule has 0 spiro atoms. The molecule has 110 valence electrons. The lowest BCUT2D eigenvalue weighted by Crippen LogP contribution is -2.42. The van der Waals surface area contributed by atoms with Gasteiger partial charge in [-0.1, -0.05) is 12.2 Å². The maximum Gasteiger partial charge on any atom is 0.191 e. The second-order valence-corrected chi connectivity index (χ2v) is 6.53. The average molecular weight is 395 g/mol. The van der Waals surface area contributed by atoms with E-state index in [0.29, 0.717) is 0 Å². The minimum absolute atomic E-state index is 0. The lowest BCUT2D eigenvalue weighted by molar-refractivity contribution is 0.469. The summed E-state index contributed by atoms with van der Waals surface area (Å²) in [6.45, 7) is 2.09. The Hall–Kier alpha value is 0.0900. The Balaban J connectivity index is 0.00000180. The van der Waals surface area contributed by atoms with E-state index in [1.54, 1.807) is 0 Å². The number of nitrogens with one attached hydrogen (secondary N) is 2. The third-order valence-corrected chi connectivity index (χ3v) is 5.08. The molecule has 2 aliphatic rings. The molecule has 0 saturated carbocycles. The molecule has 19 heavy (non-hydrogen) atoms. The van der Waals surface area contributed by atoms with Gasteiger partial charge in [0.15, 0.2) is 5.96 Å². The lowest BCUT2D eigenvalue weighted by Gasteiger charge is -2.20. The fraction of sp³-hybridized carbons (Fsp3) is 0.786. The Morgan fingerprint density at radius 3 is 2.74 bits per heavy atom. The van der Waals surface area contributed by atoms with E-state index < -0.39 is 0 Å². The van der Waals surface area contributed by atoms with Crippen molar-refractivity contribution in [2.45, 2.75) is 37.4 Å². The van der Waals surface area contributed by atoms with Gasteiger partial charge in [-0.05, 0) is 43.8 Å². The second-order valence-electron chi connectivity index (χ2n) is 5.12. The van der Waals surface area contributed by atoms with Crippen molar-refractivity contribution >= 4 is 41.7 Å². The fourth-order valence-electron chi connectivity index (χ4n) is 2.52. The predicted molar refractivity (Wildman–Crippen MR) is 96.7 cm³/mol. The topological polar surface area (TPSA) is 36.4 Å². The van der Waals surface area contributed by atoms with Gasteiger partial charge in [0.2, 0.25) is 0 Å². The Labute approximate surface area is 138 Å². The molecule has 0 aromatic rings. The van der Waals surface area contributed by atoms with E-state index in [2.05, 4.69) is 39.5 Å². The first-order valence-corrected chi connectivity index (χ1v) is 8.14. The average Bonchev–Trinajstić information content (AvgIpc) is 2.93. The predicted octanol–water partition coefficient (Wildman–Crippen LogP) is 3.02. The summed E-state index contributed by atoms with van der Waals surface area (Å²) < 4.78 is 0. The molecule has 0 aromatic carbocycles. The summed E-state index contributed by atoms with van der Waals surface area (Å²) in [5.41, 5.74) is 0. The molecule has 1 heterocycles. The number of hydrogen-bond acceptors (Lipinski definition) is 2. The van der Waals surface area contributed by atoms with Crippen LogP contribution in [0.5, 0.6) is 0 Å². The maximum absolute atomic E-state index is 4.30. The standard InChI is InChI=1S/C14H25N3S.HI/c1-15-14(17-11-13-8-5-9-18-13)16-10-12-6-3-2-4-7-12;/h2-3,12-13H,4-11H2,1H3,(H2,15,16,17);1H. The summed E-state index contributed by atoms with van der Waals surface area (Å²) in [5.74, 6) is 3.07. The summed E-state index contributed by atoms with van der Waals surface area (Å²) in [4.78, 5) is 4.30. The zero-order chi connectivity index (χ0) is 12.6. The summed E-state index contributed by atoms with van der Waals surface area (Å²) in [7, 11) is 1.86. The Kier molecular flexibility index (Phi) is 8.94. The maximum atomic E-state index is 4.30. The van der Waals surface area contributed by atoms with Crippen molar-refractivity contribution in [1.82, 2.24) is 10.6 Å². The minimum Gasteiger partial charge on any atom is -0.356 e. The van der Waals surface area contributed by atoms with Gasteiger partial charge in [0.05, 0.1) is 0 Å². The van der Waals surface area contributed by atoms with Crippen LogP contribution in [0.3, 0.4) is 0 Å². The molecule has 2 rings (SSSR count). The zero-order valence-electron chi connectivity index (χ0n) is 11.7. The molecule has 1 aliphatic heterocycles. The van der Waals surface area contributed by atoms with Crippen molar-refractivity contribution in [1.29, 1.82) is 0 Å². The van der Waals surface area contributed by atoms with Gasteiger partial charge in [0, 0.05) is 25.4 Å². The molecule has 1 aliphatic carbocycles. The highest BCUT2D eigenvalue weighted by Gasteiger charge is 2.16. The summed E-state index contributed by atoms with van der Waals surface area (Å²) in [6, 6.07) is 0. The van der Waals surface area contributed by atoms with Crippen LogP contribution >= 0.6 is 35.7 Å². The van der Waals surface area contributed by atoms with Crippen LogP contribution in [0.2, 0.25) is 0 Å². The van der Waals surface area contributed by atoms with Crippen molar-refractivity contribution in [3.05, 3.63) is 12.2 Å². The lowest BCUT2D eigenvalue weighted by atomic mass is 9.94. The van der Waals surface area contributed by atoms with Crippen LogP contribution in [0.4, 0.5) is 0 Å². The largest absolute Gasteiger partial charge is 0.356 e. The van der Waals surface area contributed by atoms with E-state index in [-0.39, 0.29) is 24.0 Å². The normalized spacial score (nSPS) is 26.9. The van der Waals surface area contributed by atoms with Crippen LogP contribution in [0.25, 0.3) is 0 Å². The summed E-state index contributed by atoms with van der Waals surface area (Å²) >= 11 is 2.09. The number of hydrogen-bond donors (Lipinski definition) is 2. The van der Waals surface area contributed by atoms with Crippen molar-refractivity contribution in [2.24, 2.45) is 10.9 Å². The van der Waals surface area contributed by atoms with Crippen LogP contribution in [0.15, 0.2) is 17.1 Å². The number of halogens is 1. The van der Waals surface area contributed by atoms with Gasteiger partial charge >= 0.3 is 0 Å². The highest BCUT2D eigenvalue weighted by atomic mass is 127. The molecule has 0 bridgehead atoms.